The van der Waals surface area contributed by atoms with Crippen LogP contribution in [0.4, 0.5) is 5.69 Å². The number of rotatable bonds is 9. The average Bonchev–Trinajstić information content (AvgIpc) is 3.55. The molecule has 0 saturated heterocycles. The molecule has 0 unspecified atom stereocenters. The lowest BCUT2D eigenvalue weighted by atomic mass is 9.91. The van der Waals surface area contributed by atoms with Gasteiger partial charge in [0.15, 0.2) is 11.5 Å². The van der Waals surface area contributed by atoms with E-state index in [1.807, 2.05) is 32.3 Å². The number of anilines is 1. The molecule has 5 rings (SSSR count). The molecular weight excluding hydrogens is 442 g/mol. The third-order valence-electron chi connectivity index (χ3n) is 6.11. The maximum Gasteiger partial charge on any atom is 0.162 e. The Bertz CT molecular complexity index is 1360. The van der Waals surface area contributed by atoms with E-state index in [0.717, 1.165) is 59.0 Å². The first-order valence-corrected chi connectivity index (χ1v) is 11.8. The molecule has 0 fully saturated rings. The average molecular weight is 472 g/mol. The van der Waals surface area contributed by atoms with E-state index in [-0.39, 0.29) is 0 Å². The summed E-state index contributed by atoms with van der Waals surface area (Å²) in [4.78, 5) is 2.24. The van der Waals surface area contributed by atoms with Crippen molar-refractivity contribution in [1.29, 1.82) is 0 Å². The highest BCUT2D eigenvalue weighted by Crippen LogP contribution is 2.45. The molecule has 9 nitrogen and oxygen atoms in total. The molecule has 35 heavy (non-hydrogen) atoms. The fraction of sp³-hybridized carbons (Fsp3) is 0.308. The molecule has 2 aromatic carbocycles. The van der Waals surface area contributed by atoms with Gasteiger partial charge in [0.05, 0.1) is 18.1 Å². The van der Waals surface area contributed by atoms with Gasteiger partial charge in [0.1, 0.15) is 24.6 Å². The van der Waals surface area contributed by atoms with Gasteiger partial charge in [-0.05, 0) is 42.7 Å². The highest BCUT2D eigenvalue weighted by Gasteiger charge is 2.24. The third kappa shape index (κ3) is 4.49. The molecule has 2 aromatic heterocycles. The first kappa shape index (κ1) is 22.6. The Morgan fingerprint density at radius 2 is 1.54 bits per heavy atom. The first-order valence-electron chi connectivity index (χ1n) is 11.8. The van der Waals surface area contributed by atoms with Crippen molar-refractivity contribution in [1.82, 2.24) is 30.0 Å². The standard InChI is InChI=1S/C26H29N7O2/c1-5-18-9-8-10-22-23-12-25(35-17-21-15-33(7-3)30-28-21)24(11-19(23)13-31(4)26(18)22)34-16-20-14-32(6-2)29-27-20/h5,8-12,14-15H,1,6-7,13,16-17H2,2-4H3. The molecule has 0 radical (unpaired) electrons. The fourth-order valence-electron chi connectivity index (χ4n) is 4.34. The minimum Gasteiger partial charge on any atom is -0.483 e. The quantitative estimate of drug-likeness (QED) is 0.359. The highest BCUT2D eigenvalue weighted by atomic mass is 16.5. The van der Waals surface area contributed by atoms with Crippen LogP contribution in [0.3, 0.4) is 0 Å². The van der Waals surface area contributed by atoms with Crippen molar-refractivity contribution in [3.63, 3.8) is 0 Å². The van der Waals surface area contributed by atoms with Gasteiger partial charge in [-0.1, -0.05) is 41.3 Å². The van der Waals surface area contributed by atoms with Crippen LogP contribution in [0.25, 0.3) is 17.2 Å². The molecule has 0 N–H and O–H groups in total. The zero-order valence-electron chi connectivity index (χ0n) is 20.3. The van der Waals surface area contributed by atoms with Crippen LogP contribution in [-0.2, 0) is 32.8 Å². The van der Waals surface area contributed by atoms with Crippen LogP contribution in [0, 0.1) is 0 Å². The van der Waals surface area contributed by atoms with Crippen molar-refractivity contribution in [3.8, 4) is 22.6 Å². The van der Waals surface area contributed by atoms with E-state index in [2.05, 4.69) is 69.5 Å². The molecular formula is C26H29N7O2. The molecule has 1 aliphatic rings. The Morgan fingerprint density at radius 1 is 0.914 bits per heavy atom. The largest absolute Gasteiger partial charge is 0.483 e. The van der Waals surface area contributed by atoms with E-state index in [0.29, 0.717) is 24.7 Å². The second kappa shape index (κ2) is 9.61. The number of hydrogen-bond acceptors (Lipinski definition) is 7. The maximum absolute atomic E-state index is 6.24. The van der Waals surface area contributed by atoms with E-state index >= 15 is 0 Å². The van der Waals surface area contributed by atoms with Gasteiger partial charge in [-0.3, -0.25) is 9.36 Å². The van der Waals surface area contributed by atoms with Crippen LogP contribution in [0.15, 0.2) is 49.3 Å². The Labute approximate surface area is 204 Å². The van der Waals surface area contributed by atoms with Gasteiger partial charge in [-0.15, -0.1) is 10.2 Å². The monoisotopic (exact) mass is 471 g/mol. The summed E-state index contributed by atoms with van der Waals surface area (Å²) < 4.78 is 16.0. The predicted octanol–water partition coefficient (Wildman–Crippen LogP) is 4.33. The van der Waals surface area contributed by atoms with E-state index in [4.69, 9.17) is 9.47 Å². The lowest BCUT2D eigenvalue weighted by molar-refractivity contribution is 0.251. The summed E-state index contributed by atoms with van der Waals surface area (Å²) in [7, 11) is 2.10. The summed E-state index contributed by atoms with van der Waals surface area (Å²) >= 11 is 0. The fourth-order valence-corrected chi connectivity index (χ4v) is 4.34. The summed E-state index contributed by atoms with van der Waals surface area (Å²) in [6.45, 7) is 10.9. The number of fused-ring (bicyclic) bond motifs is 3. The van der Waals surface area contributed by atoms with Crippen molar-refractivity contribution < 1.29 is 9.47 Å². The van der Waals surface area contributed by atoms with Crippen molar-refractivity contribution in [2.45, 2.75) is 46.7 Å². The minimum absolute atomic E-state index is 0.292. The summed E-state index contributed by atoms with van der Waals surface area (Å²) in [5.74, 6) is 1.31. The number of hydrogen-bond donors (Lipinski definition) is 0. The zero-order valence-corrected chi connectivity index (χ0v) is 20.3. The van der Waals surface area contributed by atoms with Crippen molar-refractivity contribution >= 4 is 11.8 Å². The van der Waals surface area contributed by atoms with Gasteiger partial charge < -0.3 is 14.4 Å². The van der Waals surface area contributed by atoms with Crippen LogP contribution in [0.1, 0.15) is 36.4 Å². The second-order valence-electron chi connectivity index (χ2n) is 8.47. The Hall–Kier alpha value is -4.14. The van der Waals surface area contributed by atoms with Crippen molar-refractivity contribution in [2.24, 2.45) is 0 Å². The van der Waals surface area contributed by atoms with Crippen LogP contribution in [-0.4, -0.2) is 37.0 Å². The number of para-hydroxylation sites is 1. The zero-order chi connectivity index (χ0) is 24.4. The van der Waals surface area contributed by atoms with E-state index in [1.54, 1.807) is 9.36 Å². The van der Waals surface area contributed by atoms with Crippen LogP contribution >= 0.6 is 0 Å². The van der Waals surface area contributed by atoms with Crippen molar-refractivity contribution in [2.75, 3.05) is 11.9 Å². The number of aryl methyl sites for hydroxylation is 2. The topological polar surface area (TPSA) is 83.1 Å². The normalized spacial score (nSPS) is 12.3. The van der Waals surface area contributed by atoms with E-state index < -0.39 is 0 Å². The predicted molar refractivity (Wildman–Crippen MR) is 134 cm³/mol. The number of nitrogens with zero attached hydrogens (tertiary/aromatic N) is 7. The van der Waals surface area contributed by atoms with E-state index in [9.17, 15) is 0 Å². The molecule has 0 atom stereocenters. The summed E-state index contributed by atoms with van der Waals surface area (Å²) in [5, 5.41) is 16.6. The molecule has 1 aliphatic heterocycles. The van der Waals surface area contributed by atoms with Gasteiger partial charge in [-0.25, -0.2) is 0 Å². The Balaban J connectivity index is 1.50. The van der Waals surface area contributed by atoms with Gasteiger partial charge >= 0.3 is 0 Å². The number of benzene rings is 2. The molecule has 3 heterocycles. The lowest BCUT2D eigenvalue weighted by Gasteiger charge is -2.32. The molecule has 9 heteroatoms. The maximum atomic E-state index is 6.24. The molecule has 0 spiro atoms. The van der Waals surface area contributed by atoms with E-state index in [1.165, 1.54) is 0 Å². The smallest absolute Gasteiger partial charge is 0.162 e. The summed E-state index contributed by atoms with van der Waals surface area (Å²) in [6, 6.07) is 10.4. The second-order valence-corrected chi connectivity index (χ2v) is 8.47. The molecule has 0 bridgehead atoms. The Morgan fingerprint density at radius 3 is 2.11 bits per heavy atom. The van der Waals surface area contributed by atoms with Gasteiger partial charge in [0.25, 0.3) is 0 Å². The van der Waals surface area contributed by atoms with Crippen LogP contribution in [0.5, 0.6) is 11.5 Å². The van der Waals surface area contributed by atoms with Crippen LogP contribution in [0.2, 0.25) is 0 Å². The molecule has 0 aliphatic carbocycles. The summed E-state index contributed by atoms with van der Waals surface area (Å²) in [5.41, 5.74) is 7.22. The van der Waals surface area contributed by atoms with Gasteiger partial charge in [0.2, 0.25) is 0 Å². The first-order chi connectivity index (χ1) is 17.1. The molecule has 4 aromatic rings. The number of aromatic nitrogens is 6. The highest BCUT2D eigenvalue weighted by molar-refractivity contribution is 5.89. The van der Waals surface area contributed by atoms with Crippen molar-refractivity contribution in [3.05, 3.63) is 71.8 Å². The molecule has 0 saturated carbocycles. The van der Waals surface area contributed by atoms with Gasteiger partial charge in [0, 0.05) is 32.2 Å². The SMILES string of the molecule is C=Cc1cccc2c1N(C)Cc1cc(OCc3cn(CC)nn3)c(OCc3cn(CC)nn3)cc1-2. The number of ether oxygens (including phenoxy) is 2. The summed E-state index contributed by atoms with van der Waals surface area (Å²) in [6.07, 6.45) is 5.68. The van der Waals surface area contributed by atoms with Gasteiger partial charge in [-0.2, -0.15) is 0 Å². The minimum atomic E-state index is 0.292. The third-order valence-corrected chi connectivity index (χ3v) is 6.11. The Kier molecular flexibility index (Phi) is 6.22. The van der Waals surface area contributed by atoms with Crippen LogP contribution < -0.4 is 14.4 Å². The lowest BCUT2D eigenvalue weighted by Crippen LogP contribution is -2.22. The molecule has 180 valence electrons. The molecule has 0 amide bonds.